The van der Waals surface area contributed by atoms with E-state index < -0.39 is 11.7 Å². The maximum atomic E-state index is 12.7. The first-order valence-corrected chi connectivity index (χ1v) is 17.0. The Hall–Kier alpha value is -0.730. The molecule has 0 heterocycles. The molecule has 4 bridgehead atoms. The van der Waals surface area contributed by atoms with Gasteiger partial charge < -0.3 is 29.9 Å². The van der Waals surface area contributed by atoms with Crippen molar-refractivity contribution in [3.8, 4) is 0 Å². The number of carbonyl (C=O) groups excluding carboxylic acids is 1. The Morgan fingerprint density at radius 1 is 0.902 bits per heavy atom. The van der Waals surface area contributed by atoms with Crippen LogP contribution in [0.1, 0.15) is 117 Å². The van der Waals surface area contributed by atoms with E-state index in [1.54, 1.807) is 0 Å². The number of rotatable bonds is 7. The first-order chi connectivity index (χ1) is 19.4. The molecule has 7 unspecified atom stereocenters. The summed E-state index contributed by atoms with van der Waals surface area (Å²) in [5.74, 6) is 2.34. The number of aliphatic hydroxyl groups excluding tert-OH is 3. The second-order valence-corrected chi connectivity index (χ2v) is 16.7. The average Bonchev–Trinajstić information content (AvgIpc) is 3.21. The molecule has 0 aliphatic heterocycles. The fourth-order valence-electron chi connectivity index (χ4n) is 12.8. The first-order valence-electron chi connectivity index (χ1n) is 17.0. The number of aliphatic hydroxyl groups is 4. The van der Waals surface area contributed by atoms with Crippen molar-refractivity contribution in [3.05, 3.63) is 0 Å². The summed E-state index contributed by atoms with van der Waals surface area (Å²) in [6.07, 6.45) is 12.8. The lowest BCUT2D eigenvalue weighted by Gasteiger charge is -2.63. The molecule has 0 saturated heterocycles. The van der Waals surface area contributed by atoms with Gasteiger partial charge in [-0.3, -0.25) is 4.79 Å². The molecule has 12 atom stereocenters. The van der Waals surface area contributed by atoms with Gasteiger partial charge in [0.2, 0.25) is 0 Å². The van der Waals surface area contributed by atoms with Crippen LogP contribution in [0.2, 0.25) is 0 Å². The lowest BCUT2D eigenvalue weighted by atomic mass is 9.43. The summed E-state index contributed by atoms with van der Waals surface area (Å²) < 4.78 is 11.7. The summed E-state index contributed by atoms with van der Waals surface area (Å²) in [5, 5.41) is 44.4. The summed E-state index contributed by atoms with van der Waals surface area (Å²) in [7, 11) is 0. The van der Waals surface area contributed by atoms with Gasteiger partial charge in [-0.1, -0.05) is 13.8 Å². The Morgan fingerprint density at radius 2 is 1.66 bits per heavy atom. The second-order valence-electron chi connectivity index (χ2n) is 16.7. The lowest BCUT2D eigenvalue weighted by molar-refractivity contribution is -0.244. The van der Waals surface area contributed by atoms with E-state index in [-0.39, 0.29) is 47.3 Å². The van der Waals surface area contributed by atoms with Gasteiger partial charge in [-0.25, -0.2) is 0 Å². The summed E-state index contributed by atoms with van der Waals surface area (Å²) in [6.45, 7) is 4.61. The zero-order valence-electron chi connectivity index (χ0n) is 25.3. The quantitative estimate of drug-likeness (QED) is 0.257. The van der Waals surface area contributed by atoms with Gasteiger partial charge in [0.1, 0.15) is 0 Å². The van der Waals surface area contributed by atoms with Crippen molar-refractivity contribution in [2.24, 2.45) is 52.3 Å². The number of fused-ring (bicyclic) bond motifs is 5. The summed E-state index contributed by atoms with van der Waals surface area (Å²) in [5.41, 5.74) is -1.05. The summed E-state index contributed by atoms with van der Waals surface area (Å²) in [4.78, 5) is 12.7. The van der Waals surface area contributed by atoms with Gasteiger partial charge in [-0.15, -0.1) is 0 Å². The van der Waals surface area contributed by atoms with Crippen LogP contribution in [0.4, 0.5) is 0 Å². The average molecular weight is 575 g/mol. The molecule has 232 valence electrons. The first kappa shape index (κ1) is 29.0. The number of carbonyl (C=O) groups is 1. The van der Waals surface area contributed by atoms with E-state index in [0.29, 0.717) is 48.3 Å². The number of hydrogen-bond donors (Lipinski definition) is 4. The Morgan fingerprint density at radius 3 is 2.39 bits per heavy atom. The number of esters is 1. The van der Waals surface area contributed by atoms with E-state index in [4.69, 9.17) is 9.47 Å². The molecular formula is C34H54O7. The molecule has 0 aromatic rings. The highest BCUT2D eigenvalue weighted by atomic mass is 16.7. The molecule has 0 aromatic heterocycles. The van der Waals surface area contributed by atoms with Gasteiger partial charge in [-0.2, -0.15) is 0 Å². The van der Waals surface area contributed by atoms with Crippen molar-refractivity contribution >= 4 is 5.97 Å². The Balaban J connectivity index is 0.921. The topological polar surface area (TPSA) is 116 Å². The van der Waals surface area contributed by atoms with Crippen LogP contribution in [0.15, 0.2) is 0 Å². The largest absolute Gasteiger partial charge is 0.438 e. The molecule has 7 nitrogen and oxygen atoms in total. The third-order valence-corrected chi connectivity index (χ3v) is 14.4. The van der Waals surface area contributed by atoms with Crippen LogP contribution in [-0.4, -0.2) is 62.7 Å². The van der Waals surface area contributed by atoms with Crippen molar-refractivity contribution in [3.63, 3.8) is 0 Å². The van der Waals surface area contributed by atoms with Crippen molar-refractivity contribution in [1.29, 1.82) is 0 Å². The van der Waals surface area contributed by atoms with E-state index >= 15 is 0 Å². The fourth-order valence-corrected chi connectivity index (χ4v) is 12.8. The predicted molar refractivity (Wildman–Crippen MR) is 152 cm³/mol. The molecule has 8 aliphatic rings. The van der Waals surface area contributed by atoms with E-state index in [9.17, 15) is 25.2 Å². The standard InChI is InChI=1S/C34H54O7/c1-31-9-8-24(35)11-23(31)12-27(36)30-25-7-6-22(32(25,2)28(37)13-26(30)31)4-3-5-29(38)40-19-41-34-16-20-10-21(17-34)15-33(39,14-20)18-34/h20-28,30,35-37,39H,3-19H2,1-2H3/t20?,21?,22?,23?,24-,25?,26?,27-,28+,30?,31+,32-,33?,34?/m1/s1. The minimum atomic E-state index is -0.584. The van der Waals surface area contributed by atoms with Gasteiger partial charge >= 0.3 is 5.97 Å². The minimum Gasteiger partial charge on any atom is -0.438 e. The van der Waals surface area contributed by atoms with E-state index in [1.165, 1.54) is 6.42 Å². The highest BCUT2D eigenvalue weighted by molar-refractivity contribution is 5.69. The lowest BCUT2D eigenvalue weighted by Crippen LogP contribution is -2.62. The van der Waals surface area contributed by atoms with Gasteiger partial charge in [0.25, 0.3) is 0 Å². The highest BCUT2D eigenvalue weighted by Gasteiger charge is 2.65. The maximum absolute atomic E-state index is 12.7. The van der Waals surface area contributed by atoms with E-state index in [0.717, 1.165) is 83.5 Å². The molecule has 8 fully saturated rings. The highest BCUT2D eigenvalue weighted by Crippen LogP contribution is 2.68. The molecule has 4 N–H and O–H groups in total. The number of hydrogen-bond acceptors (Lipinski definition) is 7. The molecule has 7 heteroatoms. The van der Waals surface area contributed by atoms with Crippen LogP contribution in [0.5, 0.6) is 0 Å². The van der Waals surface area contributed by atoms with Gasteiger partial charge in [0.15, 0.2) is 6.79 Å². The van der Waals surface area contributed by atoms with Crippen LogP contribution < -0.4 is 0 Å². The van der Waals surface area contributed by atoms with Gasteiger partial charge in [0, 0.05) is 12.8 Å². The van der Waals surface area contributed by atoms with Crippen molar-refractivity contribution in [2.45, 2.75) is 146 Å². The molecule has 0 spiro atoms. The SMILES string of the molecule is C[C@]12CC[C@@H](O)CC1C[C@@H](O)C1C2C[C@H](O)[C@]2(C)C(CCCC(=O)OCOC34CC5CC(CC(O)(C5)C3)C4)CCC12. The van der Waals surface area contributed by atoms with Gasteiger partial charge in [0.05, 0.1) is 29.5 Å². The van der Waals surface area contributed by atoms with E-state index in [2.05, 4.69) is 13.8 Å². The predicted octanol–water partition coefficient (Wildman–Crippen LogP) is 4.72. The maximum Gasteiger partial charge on any atom is 0.307 e. The van der Waals surface area contributed by atoms with Crippen molar-refractivity contribution in [1.82, 2.24) is 0 Å². The second kappa shape index (κ2) is 10.2. The third kappa shape index (κ3) is 4.74. The monoisotopic (exact) mass is 574 g/mol. The molecule has 0 aromatic carbocycles. The molecule has 0 amide bonds. The normalized spacial score (nSPS) is 55.3. The molecule has 8 saturated carbocycles. The third-order valence-electron chi connectivity index (χ3n) is 14.4. The van der Waals surface area contributed by atoms with Crippen LogP contribution in [-0.2, 0) is 14.3 Å². The van der Waals surface area contributed by atoms with Crippen LogP contribution in [0.3, 0.4) is 0 Å². The Kier molecular flexibility index (Phi) is 7.18. The zero-order chi connectivity index (χ0) is 28.8. The summed E-state index contributed by atoms with van der Waals surface area (Å²) >= 11 is 0. The fraction of sp³-hybridized carbons (Fsp3) is 0.971. The molecule has 0 radical (unpaired) electrons. The van der Waals surface area contributed by atoms with Crippen LogP contribution >= 0.6 is 0 Å². The van der Waals surface area contributed by atoms with Crippen LogP contribution in [0.25, 0.3) is 0 Å². The summed E-state index contributed by atoms with van der Waals surface area (Å²) in [6, 6.07) is 0. The minimum absolute atomic E-state index is 0.0198. The molecule has 8 aliphatic carbocycles. The Bertz CT molecular complexity index is 1000. The van der Waals surface area contributed by atoms with Crippen LogP contribution in [0, 0.1) is 52.3 Å². The van der Waals surface area contributed by atoms with Crippen molar-refractivity contribution in [2.75, 3.05) is 6.79 Å². The molecule has 8 rings (SSSR count). The van der Waals surface area contributed by atoms with E-state index in [1.807, 2.05) is 0 Å². The molecule has 41 heavy (non-hydrogen) atoms. The molecular weight excluding hydrogens is 520 g/mol. The zero-order valence-corrected chi connectivity index (χ0v) is 25.3. The number of ether oxygens (including phenoxy) is 2. The van der Waals surface area contributed by atoms with Gasteiger partial charge in [-0.05, 0) is 142 Å². The Labute approximate surface area is 245 Å². The van der Waals surface area contributed by atoms with Crippen molar-refractivity contribution < 1.29 is 34.7 Å². The smallest absolute Gasteiger partial charge is 0.307 e.